The Labute approximate surface area is 134 Å². The second-order valence-electron chi connectivity index (χ2n) is 5.59. The van der Waals surface area contributed by atoms with Gasteiger partial charge in [0.05, 0.1) is 11.9 Å². The third-order valence-corrected chi connectivity index (χ3v) is 4.13. The van der Waals surface area contributed by atoms with E-state index in [1.165, 1.54) is 0 Å². The molecule has 0 aliphatic rings. The van der Waals surface area contributed by atoms with E-state index in [0.29, 0.717) is 18.5 Å². The smallest absolute Gasteiger partial charge is 0.307 e. The van der Waals surface area contributed by atoms with E-state index in [1.807, 2.05) is 47.9 Å². The van der Waals surface area contributed by atoms with Crippen LogP contribution in [0.5, 0.6) is 5.75 Å². The Kier molecular flexibility index (Phi) is 4.06. The van der Waals surface area contributed by atoms with Gasteiger partial charge in [0.2, 0.25) is 0 Å². The van der Waals surface area contributed by atoms with Gasteiger partial charge in [-0.25, -0.2) is 0 Å². The molecular weight excluding hydrogens is 290 g/mol. The number of carboxylic acid groups (broad SMARTS) is 1. The van der Waals surface area contributed by atoms with Crippen molar-refractivity contribution in [3.63, 3.8) is 0 Å². The third-order valence-electron chi connectivity index (χ3n) is 4.13. The molecule has 0 saturated heterocycles. The minimum Gasteiger partial charge on any atom is -0.506 e. The highest BCUT2D eigenvalue weighted by Crippen LogP contribution is 2.33. The van der Waals surface area contributed by atoms with Crippen LogP contribution in [0.1, 0.15) is 23.7 Å². The monoisotopic (exact) mass is 309 g/mol. The summed E-state index contributed by atoms with van der Waals surface area (Å²) < 4.78 is 2.04. The van der Waals surface area contributed by atoms with Gasteiger partial charge in [-0.05, 0) is 23.6 Å². The van der Waals surface area contributed by atoms with Crippen LogP contribution in [-0.4, -0.2) is 20.7 Å². The fourth-order valence-electron chi connectivity index (χ4n) is 3.21. The van der Waals surface area contributed by atoms with Crippen LogP contribution in [0.15, 0.2) is 48.5 Å². The molecule has 2 aromatic carbocycles. The Balaban J connectivity index is 2.24. The van der Waals surface area contributed by atoms with Crippen molar-refractivity contribution in [2.45, 2.75) is 26.3 Å². The number of hydrogen-bond acceptors (Lipinski definition) is 2. The molecule has 118 valence electrons. The second kappa shape index (κ2) is 6.16. The summed E-state index contributed by atoms with van der Waals surface area (Å²) in [4.78, 5) is 11.3. The molecule has 0 atom stereocenters. The van der Waals surface area contributed by atoms with E-state index >= 15 is 0 Å². The first-order valence-corrected chi connectivity index (χ1v) is 7.69. The van der Waals surface area contributed by atoms with E-state index in [1.54, 1.807) is 12.1 Å². The molecule has 0 aliphatic heterocycles. The summed E-state index contributed by atoms with van der Waals surface area (Å²) in [6.07, 6.45) is 0.675. The molecule has 23 heavy (non-hydrogen) atoms. The molecule has 3 aromatic rings. The van der Waals surface area contributed by atoms with Crippen LogP contribution in [0.25, 0.3) is 10.9 Å². The fourth-order valence-corrected chi connectivity index (χ4v) is 3.21. The second-order valence-corrected chi connectivity index (χ2v) is 5.59. The minimum atomic E-state index is -0.859. The minimum absolute atomic E-state index is 0.0368. The zero-order valence-electron chi connectivity index (χ0n) is 13.0. The van der Waals surface area contributed by atoms with Gasteiger partial charge in [0, 0.05) is 17.6 Å². The number of nitrogens with zero attached hydrogens (tertiary/aromatic N) is 1. The van der Waals surface area contributed by atoms with Gasteiger partial charge in [0.25, 0.3) is 0 Å². The van der Waals surface area contributed by atoms with Gasteiger partial charge in [0.15, 0.2) is 0 Å². The predicted molar refractivity (Wildman–Crippen MR) is 89.9 cm³/mol. The first-order valence-electron chi connectivity index (χ1n) is 7.69. The van der Waals surface area contributed by atoms with E-state index in [4.69, 9.17) is 0 Å². The van der Waals surface area contributed by atoms with Crippen molar-refractivity contribution < 1.29 is 15.0 Å². The van der Waals surface area contributed by atoms with Crippen molar-refractivity contribution in [3.05, 3.63) is 65.4 Å². The summed E-state index contributed by atoms with van der Waals surface area (Å²) in [6, 6.07) is 15.3. The van der Waals surface area contributed by atoms with Crippen LogP contribution in [0.3, 0.4) is 0 Å². The van der Waals surface area contributed by atoms with Gasteiger partial charge >= 0.3 is 5.97 Å². The van der Waals surface area contributed by atoms with E-state index < -0.39 is 5.97 Å². The maximum absolute atomic E-state index is 11.3. The Bertz CT molecular complexity index is 850. The average molecular weight is 309 g/mol. The summed E-state index contributed by atoms with van der Waals surface area (Å²) in [5.74, 6) is -0.674. The van der Waals surface area contributed by atoms with Gasteiger partial charge in [-0.3, -0.25) is 4.79 Å². The molecule has 0 amide bonds. The summed E-state index contributed by atoms with van der Waals surface area (Å²) in [7, 11) is 0. The molecule has 1 heterocycles. The van der Waals surface area contributed by atoms with Gasteiger partial charge in [-0.2, -0.15) is 0 Å². The molecule has 3 rings (SSSR count). The summed E-state index contributed by atoms with van der Waals surface area (Å²) in [6.45, 7) is 2.62. The highest BCUT2D eigenvalue weighted by Gasteiger charge is 2.20. The molecule has 4 nitrogen and oxygen atoms in total. The van der Waals surface area contributed by atoms with E-state index in [2.05, 4.69) is 0 Å². The van der Waals surface area contributed by atoms with E-state index in [9.17, 15) is 15.0 Å². The highest BCUT2D eigenvalue weighted by atomic mass is 16.4. The largest absolute Gasteiger partial charge is 0.506 e. The van der Waals surface area contributed by atoms with Crippen LogP contribution in [0.2, 0.25) is 0 Å². The zero-order valence-corrected chi connectivity index (χ0v) is 13.0. The lowest BCUT2D eigenvalue weighted by Crippen LogP contribution is -2.07. The lowest BCUT2D eigenvalue weighted by molar-refractivity contribution is -0.136. The number of aromatic hydroxyl groups is 1. The fraction of sp³-hybridized carbons (Fsp3) is 0.211. The molecule has 1 aromatic heterocycles. The molecule has 0 spiro atoms. The van der Waals surface area contributed by atoms with Crippen LogP contribution in [-0.2, 0) is 24.2 Å². The van der Waals surface area contributed by atoms with Crippen LogP contribution < -0.4 is 0 Å². The maximum atomic E-state index is 11.3. The number of benzene rings is 2. The Morgan fingerprint density at radius 2 is 1.83 bits per heavy atom. The summed E-state index contributed by atoms with van der Waals surface area (Å²) in [5.41, 5.74) is 3.59. The summed E-state index contributed by atoms with van der Waals surface area (Å²) >= 11 is 0. The van der Waals surface area contributed by atoms with Gasteiger partial charge in [0.1, 0.15) is 5.75 Å². The molecule has 0 fully saturated rings. The number of para-hydroxylation sites is 1. The highest BCUT2D eigenvalue weighted by molar-refractivity contribution is 5.92. The van der Waals surface area contributed by atoms with Crippen LogP contribution in [0, 0.1) is 0 Å². The Morgan fingerprint density at radius 3 is 2.48 bits per heavy atom. The Morgan fingerprint density at radius 1 is 1.09 bits per heavy atom. The average Bonchev–Trinajstić information content (AvgIpc) is 2.82. The number of aromatic nitrogens is 1. The zero-order chi connectivity index (χ0) is 16.4. The molecule has 0 aliphatic carbocycles. The third kappa shape index (κ3) is 2.80. The number of carbonyl (C=O) groups is 1. The van der Waals surface area contributed by atoms with Gasteiger partial charge < -0.3 is 14.8 Å². The molecule has 0 unspecified atom stereocenters. The van der Waals surface area contributed by atoms with Crippen LogP contribution >= 0.6 is 0 Å². The molecule has 4 heteroatoms. The van der Waals surface area contributed by atoms with Crippen molar-refractivity contribution in [1.82, 2.24) is 4.57 Å². The number of phenols is 1. The number of phenolic OH excluding ortho intramolecular Hbond substituents is 1. The van der Waals surface area contributed by atoms with Gasteiger partial charge in [-0.15, -0.1) is 0 Å². The Hall–Kier alpha value is -2.75. The van der Waals surface area contributed by atoms with E-state index in [-0.39, 0.29) is 12.2 Å². The molecule has 0 saturated carbocycles. The van der Waals surface area contributed by atoms with Crippen LogP contribution in [0.4, 0.5) is 0 Å². The topological polar surface area (TPSA) is 62.5 Å². The van der Waals surface area contributed by atoms with Crippen molar-refractivity contribution in [3.8, 4) is 5.75 Å². The number of aliphatic carboxylic acids is 1. The predicted octanol–water partition coefficient (Wildman–Crippen LogP) is 3.58. The standard InChI is InChI=1S/C19H19NO3/c1-2-16-15(11-18(22)23)14-9-6-10-17(21)19(14)20(16)12-13-7-4-3-5-8-13/h3-10,21H,2,11-12H2,1H3,(H,22,23). The van der Waals surface area contributed by atoms with Crippen molar-refractivity contribution in [2.24, 2.45) is 0 Å². The maximum Gasteiger partial charge on any atom is 0.307 e. The number of rotatable bonds is 5. The van der Waals surface area contributed by atoms with Gasteiger partial charge in [-0.1, -0.05) is 49.4 Å². The van der Waals surface area contributed by atoms with Crippen molar-refractivity contribution in [1.29, 1.82) is 0 Å². The molecular formula is C19H19NO3. The number of carboxylic acids is 1. The lowest BCUT2D eigenvalue weighted by atomic mass is 10.1. The normalized spacial score (nSPS) is 11.0. The van der Waals surface area contributed by atoms with Crippen molar-refractivity contribution >= 4 is 16.9 Å². The van der Waals surface area contributed by atoms with E-state index in [0.717, 1.165) is 22.2 Å². The molecule has 0 radical (unpaired) electrons. The molecule has 2 N–H and O–H groups in total. The van der Waals surface area contributed by atoms with Crippen molar-refractivity contribution in [2.75, 3.05) is 0 Å². The number of fused-ring (bicyclic) bond motifs is 1. The SMILES string of the molecule is CCc1c(CC(=O)O)c2cccc(O)c2n1Cc1ccccc1. The lowest BCUT2D eigenvalue weighted by Gasteiger charge is -2.11. The number of hydrogen-bond donors (Lipinski definition) is 2. The first kappa shape index (κ1) is 15.2. The summed E-state index contributed by atoms with van der Waals surface area (Å²) in [5, 5.41) is 20.4. The first-order chi connectivity index (χ1) is 11.1. The quantitative estimate of drug-likeness (QED) is 0.757. The molecule has 0 bridgehead atoms.